The van der Waals surface area contributed by atoms with Gasteiger partial charge in [-0.1, -0.05) is 24.3 Å². The minimum atomic E-state index is 0.106. The maximum Gasteiger partial charge on any atom is 0.124 e. The number of benzene rings is 2. The third-order valence-corrected chi connectivity index (χ3v) is 3.43. The van der Waals surface area contributed by atoms with E-state index in [4.69, 9.17) is 11.1 Å². The molecule has 104 valence electrons. The largest absolute Gasteiger partial charge is 0.384 e. The molecule has 0 aliphatic carbocycles. The molecule has 2 aromatic carbocycles. The Kier molecular flexibility index (Phi) is 4.08. The number of anilines is 2. The lowest BCUT2D eigenvalue weighted by Gasteiger charge is -2.27. The molecular weight excluding hydrogens is 246 g/mol. The Hall–Kier alpha value is -2.29. The van der Waals surface area contributed by atoms with Gasteiger partial charge in [0.15, 0.2) is 0 Å². The summed E-state index contributed by atoms with van der Waals surface area (Å²) in [5.41, 5.74) is 11.0. The fourth-order valence-electron chi connectivity index (χ4n) is 2.50. The van der Waals surface area contributed by atoms with E-state index in [0.29, 0.717) is 0 Å². The van der Waals surface area contributed by atoms with Crippen LogP contribution in [0, 0.1) is 19.3 Å². The van der Waals surface area contributed by atoms with Gasteiger partial charge in [-0.15, -0.1) is 0 Å². The molecule has 0 spiro atoms. The average Bonchev–Trinajstić information content (AvgIpc) is 2.41. The molecule has 20 heavy (non-hydrogen) atoms. The van der Waals surface area contributed by atoms with Crippen LogP contribution in [0.1, 0.15) is 23.6 Å². The predicted molar refractivity (Wildman–Crippen MR) is 86.1 cm³/mol. The van der Waals surface area contributed by atoms with Crippen molar-refractivity contribution in [3.05, 3.63) is 59.2 Å². The van der Waals surface area contributed by atoms with Crippen LogP contribution in [0.25, 0.3) is 0 Å². The summed E-state index contributed by atoms with van der Waals surface area (Å²) in [5, 5.41) is 7.80. The molecule has 0 bridgehead atoms. The number of amidine groups is 1. The summed E-state index contributed by atoms with van der Waals surface area (Å²) in [7, 11) is 0. The second-order valence-electron chi connectivity index (χ2n) is 4.97. The molecule has 0 aliphatic heterocycles. The van der Waals surface area contributed by atoms with E-state index in [1.54, 1.807) is 0 Å². The third kappa shape index (κ3) is 2.67. The third-order valence-electron chi connectivity index (χ3n) is 3.43. The Morgan fingerprint density at radius 2 is 1.85 bits per heavy atom. The van der Waals surface area contributed by atoms with E-state index in [1.165, 1.54) is 5.56 Å². The number of para-hydroxylation sites is 1. The highest BCUT2D eigenvalue weighted by atomic mass is 15.1. The summed E-state index contributed by atoms with van der Waals surface area (Å²) < 4.78 is 0. The quantitative estimate of drug-likeness (QED) is 0.655. The zero-order chi connectivity index (χ0) is 14.7. The van der Waals surface area contributed by atoms with E-state index in [2.05, 4.69) is 56.0 Å². The Labute approximate surface area is 120 Å². The van der Waals surface area contributed by atoms with Gasteiger partial charge in [0, 0.05) is 17.8 Å². The smallest absolute Gasteiger partial charge is 0.124 e. The molecule has 0 amide bonds. The number of nitrogens with zero attached hydrogens (tertiary/aromatic N) is 1. The van der Waals surface area contributed by atoms with E-state index < -0.39 is 0 Å². The molecule has 3 heteroatoms. The van der Waals surface area contributed by atoms with Crippen molar-refractivity contribution >= 4 is 17.2 Å². The summed E-state index contributed by atoms with van der Waals surface area (Å²) in [6.07, 6.45) is 0. The Morgan fingerprint density at radius 3 is 2.45 bits per heavy atom. The van der Waals surface area contributed by atoms with Gasteiger partial charge in [-0.05, 0) is 50.1 Å². The standard InChI is InChI=1S/C17H21N3/c1-4-20(14-9-5-7-12(2)11-14)16-13(3)8-6-10-15(16)17(18)19/h5-11H,4H2,1-3H3,(H3,18,19). The van der Waals surface area contributed by atoms with E-state index in [9.17, 15) is 0 Å². The van der Waals surface area contributed by atoms with E-state index in [1.807, 2.05) is 12.1 Å². The first-order valence-electron chi connectivity index (χ1n) is 6.82. The Balaban J connectivity index is 2.60. The normalized spacial score (nSPS) is 10.3. The molecule has 3 N–H and O–H groups in total. The van der Waals surface area contributed by atoms with Crippen molar-refractivity contribution in [1.82, 2.24) is 0 Å². The van der Waals surface area contributed by atoms with Crippen molar-refractivity contribution in [3.63, 3.8) is 0 Å². The van der Waals surface area contributed by atoms with Crippen molar-refractivity contribution < 1.29 is 0 Å². The summed E-state index contributed by atoms with van der Waals surface area (Å²) in [6.45, 7) is 7.08. The number of aryl methyl sites for hydroxylation is 2. The highest BCUT2D eigenvalue weighted by Crippen LogP contribution is 2.31. The molecule has 0 heterocycles. The van der Waals surface area contributed by atoms with Gasteiger partial charge in [0.2, 0.25) is 0 Å². The molecule has 0 radical (unpaired) electrons. The van der Waals surface area contributed by atoms with Crippen LogP contribution in [0.4, 0.5) is 11.4 Å². The number of hydrogen-bond acceptors (Lipinski definition) is 2. The first-order valence-corrected chi connectivity index (χ1v) is 6.82. The van der Waals surface area contributed by atoms with E-state index in [0.717, 1.165) is 29.0 Å². The lowest BCUT2D eigenvalue weighted by Crippen LogP contribution is -2.23. The van der Waals surface area contributed by atoms with Gasteiger partial charge in [0.25, 0.3) is 0 Å². The Bertz CT molecular complexity index is 632. The summed E-state index contributed by atoms with van der Waals surface area (Å²) >= 11 is 0. The second kappa shape index (κ2) is 5.78. The molecule has 0 aromatic heterocycles. The maximum absolute atomic E-state index is 7.80. The van der Waals surface area contributed by atoms with E-state index >= 15 is 0 Å². The van der Waals surface area contributed by atoms with Crippen LogP contribution >= 0.6 is 0 Å². The Morgan fingerprint density at radius 1 is 1.15 bits per heavy atom. The summed E-state index contributed by atoms with van der Waals surface area (Å²) in [4.78, 5) is 2.21. The van der Waals surface area contributed by atoms with Crippen molar-refractivity contribution in [2.45, 2.75) is 20.8 Å². The molecule has 2 rings (SSSR count). The predicted octanol–water partition coefficient (Wildman–Crippen LogP) is 3.75. The highest BCUT2D eigenvalue weighted by molar-refractivity contribution is 6.02. The fourth-order valence-corrected chi connectivity index (χ4v) is 2.50. The van der Waals surface area contributed by atoms with Gasteiger partial charge in [-0.25, -0.2) is 0 Å². The molecule has 0 aliphatic rings. The molecule has 0 saturated heterocycles. The molecular formula is C17H21N3. The second-order valence-corrected chi connectivity index (χ2v) is 4.97. The molecule has 0 atom stereocenters. The van der Waals surface area contributed by atoms with Crippen molar-refractivity contribution in [2.24, 2.45) is 5.73 Å². The maximum atomic E-state index is 7.80. The van der Waals surface area contributed by atoms with Crippen LogP contribution in [0.5, 0.6) is 0 Å². The van der Waals surface area contributed by atoms with Crippen LogP contribution in [-0.4, -0.2) is 12.4 Å². The number of nitrogen functional groups attached to an aromatic ring is 1. The van der Waals surface area contributed by atoms with Gasteiger partial charge in [-0.3, -0.25) is 5.41 Å². The van der Waals surface area contributed by atoms with Gasteiger partial charge in [-0.2, -0.15) is 0 Å². The minimum absolute atomic E-state index is 0.106. The lowest BCUT2D eigenvalue weighted by molar-refractivity contribution is 1.01. The zero-order valence-electron chi connectivity index (χ0n) is 12.3. The lowest BCUT2D eigenvalue weighted by atomic mass is 10.0. The molecule has 3 nitrogen and oxygen atoms in total. The van der Waals surface area contributed by atoms with Crippen LogP contribution in [0.3, 0.4) is 0 Å². The number of rotatable bonds is 4. The fraction of sp³-hybridized carbons (Fsp3) is 0.235. The van der Waals surface area contributed by atoms with Gasteiger partial charge in [0.1, 0.15) is 5.84 Å². The van der Waals surface area contributed by atoms with Gasteiger partial charge in [0.05, 0.1) is 5.69 Å². The molecule has 2 aromatic rings. The number of nitrogens with one attached hydrogen (secondary N) is 1. The van der Waals surface area contributed by atoms with Gasteiger partial charge >= 0.3 is 0 Å². The monoisotopic (exact) mass is 267 g/mol. The average molecular weight is 267 g/mol. The van der Waals surface area contributed by atoms with Crippen LogP contribution in [-0.2, 0) is 0 Å². The summed E-state index contributed by atoms with van der Waals surface area (Å²) in [6, 6.07) is 14.3. The van der Waals surface area contributed by atoms with Crippen LogP contribution in [0.15, 0.2) is 42.5 Å². The van der Waals surface area contributed by atoms with Crippen molar-refractivity contribution in [2.75, 3.05) is 11.4 Å². The summed E-state index contributed by atoms with van der Waals surface area (Å²) in [5.74, 6) is 0.106. The van der Waals surface area contributed by atoms with Gasteiger partial charge < -0.3 is 10.6 Å². The van der Waals surface area contributed by atoms with Crippen molar-refractivity contribution in [1.29, 1.82) is 5.41 Å². The number of nitrogens with two attached hydrogens (primary N) is 1. The SMILES string of the molecule is CCN(c1cccc(C)c1)c1c(C)cccc1C(=N)N. The van der Waals surface area contributed by atoms with E-state index in [-0.39, 0.29) is 5.84 Å². The first-order chi connectivity index (χ1) is 9.54. The number of hydrogen-bond donors (Lipinski definition) is 2. The topological polar surface area (TPSA) is 53.1 Å². The molecule has 0 unspecified atom stereocenters. The minimum Gasteiger partial charge on any atom is -0.384 e. The zero-order valence-corrected chi connectivity index (χ0v) is 12.3. The molecule has 0 fully saturated rings. The highest BCUT2D eigenvalue weighted by Gasteiger charge is 2.15. The van der Waals surface area contributed by atoms with Crippen LogP contribution in [0.2, 0.25) is 0 Å². The van der Waals surface area contributed by atoms with Crippen LogP contribution < -0.4 is 10.6 Å². The first kappa shape index (κ1) is 14.1. The molecule has 0 saturated carbocycles. The van der Waals surface area contributed by atoms with Crippen molar-refractivity contribution in [3.8, 4) is 0 Å².